The summed E-state index contributed by atoms with van der Waals surface area (Å²) in [5.41, 5.74) is 0.917. The highest BCUT2D eigenvalue weighted by atomic mass is 35.5. The number of methoxy groups -OCH3 is 2. The van der Waals surface area contributed by atoms with Gasteiger partial charge in [0.1, 0.15) is 17.3 Å². The molecule has 1 aromatic rings. The Morgan fingerprint density at radius 1 is 1.20 bits per heavy atom. The van der Waals surface area contributed by atoms with Crippen LogP contribution in [0.25, 0.3) is 0 Å². The third-order valence-electron chi connectivity index (χ3n) is 4.08. The van der Waals surface area contributed by atoms with E-state index in [2.05, 4.69) is 11.8 Å². The molecule has 2 rings (SSSR count). The minimum absolute atomic E-state index is 0.00938. The number of hydrogen-bond acceptors (Lipinski definition) is 4. The van der Waals surface area contributed by atoms with E-state index < -0.39 is 0 Å². The maximum absolute atomic E-state index is 11.8. The SMILES string of the molecule is COc1cc(N2CCC(=O)C(C)C2C)c(OC)cc1Cl. The topological polar surface area (TPSA) is 38.8 Å². The monoisotopic (exact) mass is 297 g/mol. The normalized spacial score (nSPS) is 22.9. The van der Waals surface area contributed by atoms with Crippen LogP contribution in [-0.2, 0) is 4.79 Å². The molecule has 0 saturated carbocycles. The average molecular weight is 298 g/mol. The van der Waals surface area contributed by atoms with Gasteiger partial charge in [0.15, 0.2) is 0 Å². The summed E-state index contributed by atoms with van der Waals surface area (Å²) in [6.45, 7) is 4.71. The summed E-state index contributed by atoms with van der Waals surface area (Å²) in [5.74, 6) is 1.63. The van der Waals surface area contributed by atoms with Crippen molar-refractivity contribution in [1.82, 2.24) is 0 Å². The van der Waals surface area contributed by atoms with E-state index in [9.17, 15) is 4.79 Å². The Kier molecular flexibility index (Phi) is 4.43. The van der Waals surface area contributed by atoms with Crippen molar-refractivity contribution >= 4 is 23.1 Å². The van der Waals surface area contributed by atoms with Gasteiger partial charge < -0.3 is 14.4 Å². The largest absolute Gasteiger partial charge is 0.495 e. The summed E-state index contributed by atoms with van der Waals surface area (Å²) >= 11 is 6.13. The summed E-state index contributed by atoms with van der Waals surface area (Å²) in [7, 11) is 3.20. The number of benzene rings is 1. The Hall–Kier alpha value is -1.42. The van der Waals surface area contributed by atoms with Crippen LogP contribution in [0.2, 0.25) is 5.02 Å². The molecule has 0 bridgehead atoms. The summed E-state index contributed by atoms with van der Waals surface area (Å²) in [6.07, 6.45) is 0.555. The van der Waals surface area contributed by atoms with Crippen LogP contribution in [0, 0.1) is 5.92 Å². The summed E-state index contributed by atoms with van der Waals surface area (Å²) in [6, 6.07) is 3.75. The molecule has 2 unspecified atom stereocenters. The molecular weight excluding hydrogens is 278 g/mol. The lowest BCUT2D eigenvalue weighted by atomic mass is 9.90. The second kappa shape index (κ2) is 5.92. The molecular formula is C15H20ClNO3. The minimum atomic E-state index is 0.00938. The molecule has 1 aliphatic heterocycles. The van der Waals surface area contributed by atoms with Crippen LogP contribution < -0.4 is 14.4 Å². The van der Waals surface area contributed by atoms with Gasteiger partial charge in [0.25, 0.3) is 0 Å². The molecule has 0 aromatic heterocycles. The average Bonchev–Trinajstić information content (AvgIpc) is 2.45. The lowest BCUT2D eigenvalue weighted by molar-refractivity contribution is -0.123. The van der Waals surface area contributed by atoms with Crippen molar-refractivity contribution in [2.45, 2.75) is 26.3 Å². The number of carbonyl (C=O) groups excluding carboxylic acids is 1. The Morgan fingerprint density at radius 2 is 1.85 bits per heavy atom. The Labute approximate surface area is 124 Å². The molecule has 0 spiro atoms. The Bertz CT molecular complexity index is 518. The fourth-order valence-corrected chi connectivity index (χ4v) is 2.84. The molecule has 0 amide bonds. The van der Waals surface area contributed by atoms with Crippen LogP contribution in [0.3, 0.4) is 0 Å². The Morgan fingerprint density at radius 3 is 2.45 bits per heavy atom. The number of ether oxygens (including phenoxy) is 2. The number of nitrogens with zero attached hydrogens (tertiary/aromatic N) is 1. The van der Waals surface area contributed by atoms with Gasteiger partial charge in [-0.3, -0.25) is 4.79 Å². The minimum Gasteiger partial charge on any atom is -0.495 e. The zero-order valence-corrected chi connectivity index (χ0v) is 13.0. The van der Waals surface area contributed by atoms with E-state index in [4.69, 9.17) is 21.1 Å². The van der Waals surface area contributed by atoms with Gasteiger partial charge >= 0.3 is 0 Å². The van der Waals surface area contributed by atoms with Crippen molar-refractivity contribution in [3.63, 3.8) is 0 Å². The lowest BCUT2D eigenvalue weighted by Gasteiger charge is -2.39. The van der Waals surface area contributed by atoms with Crippen LogP contribution in [0.4, 0.5) is 5.69 Å². The number of hydrogen-bond donors (Lipinski definition) is 0. The van der Waals surface area contributed by atoms with Gasteiger partial charge in [-0.15, -0.1) is 0 Å². The van der Waals surface area contributed by atoms with Crippen molar-refractivity contribution in [3.05, 3.63) is 17.2 Å². The number of anilines is 1. The van der Waals surface area contributed by atoms with E-state index in [0.717, 1.165) is 5.69 Å². The number of piperidine rings is 1. The standard InChI is InChI=1S/C15H20ClNO3/c1-9-10(2)17(6-5-13(9)18)12-8-14(19-3)11(16)7-15(12)20-4/h7-10H,5-6H2,1-4H3. The Balaban J connectivity index is 2.43. The number of halogens is 1. The first-order valence-corrected chi connectivity index (χ1v) is 7.08. The summed E-state index contributed by atoms with van der Waals surface area (Å²) < 4.78 is 10.7. The fourth-order valence-electron chi connectivity index (χ4n) is 2.61. The van der Waals surface area contributed by atoms with Crippen LogP contribution in [0.5, 0.6) is 11.5 Å². The molecule has 4 nitrogen and oxygen atoms in total. The number of carbonyl (C=O) groups is 1. The fraction of sp³-hybridized carbons (Fsp3) is 0.533. The first-order chi connectivity index (χ1) is 9.49. The van der Waals surface area contributed by atoms with Crippen molar-refractivity contribution < 1.29 is 14.3 Å². The number of Topliss-reactive ketones (excluding diaryl/α,β-unsaturated/α-hetero) is 1. The van der Waals surface area contributed by atoms with E-state index in [-0.39, 0.29) is 12.0 Å². The zero-order chi connectivity index (χ0) is 14.9. The van der Waals surface area contributed by atoms with Gasteiger partial charge in [-0.2, -0.15) is 0 Å². The predicted octanol–water partition coefficient (Wildman–Crippen LogP) is 3.16. The summed E-state index contributed by atoms with van der Waals surface area (Å²) in [4.78, 5) is 14.0. The highest BCUT2D eigenvalue weighted by Gasteiger charge is 2.32. The van der Waals surface area contributed by atoms with Gasteiger partial charge in [0.05, 0.1) is 24.9 Å². The second-order valence-corrected chi connectivity index (χ2v) is 5.50. The first-order valence-electron chi connectivity index (χ1n) is 6.70. The third-order valence-corrected chi connectivity index (χ3v) is 4.38. The highest BCUT2D eigenvalue weighted by molar-refractivity contribution is 6.32. The molecule has 1 aromatic carbocycles. The number of rotatable bonds is 3. The maximum Gasteiger partial charge on any atom is 0.143 e. The lowest BCUT2D eigenvalue weighted by Crippen LogP contribution is -2.47. The van der Waals surface area contributed by atoms with Crippen LogP contribution >= 0.6 is 11.6 Å². The van der Waals surface area contributed by atoms with Gasteiger partial charge in [-0.25, -0.2) is 0 Å². The van der Waals surface area contributed by atoms with Gasteiger partial charge in [0.2, 0.25) is 0 Å². The van der Waals surface area contributed by atoms with Gasteiger partial charge in [-0.05, 0) is 6.92 Å². The van der Waals surface area contributed by atoms with Crippen molar-refractivity contribution in [2.75, 3.05) is 25.7 Å². The van der Waals surface area contributed by atoms with E-state index in [0.29, 0.717) is 35.3 Å². The smallest absolute Gasteiger partial charge is 0.143 e. The summed E-state index contributed by atoms with van der Waals surface area (Å²) in [5, 5.41) is 0.516. The quantitative estimate of drug-likeness (QED) is 0.859. The van der Waals surface area contributed by atoms with Crippen molar-refractivity contribution in [3.8, 4) is 11.5 Å². The van der Waals surface area contributed by atoms with Crippen molar-refractivity contribution in [2.24, 2.45) is 5.92 Å². The molecule has 110 valence electrons. The molecule has 5 heteroatoms. The molecule has 20 heavy (non-hydrogen) atoms. The molecule has 0 aliphatic carbocycles. The van der Waals surface area contributed by atoms with Gasteiger partial charge in [0, 0.05) is 37.1 Å². The van der Waals surface area contributed by atoms with Crippen molar-refractivity contribution in [1.29, 1.82) is 0 Å². The van der Waals surface area contributed by atoms with Crippen LogP contribution in [0.1, 0.15) is 20.3 Å². The predicted molar refractivity (Wildman–Crippen MR) is 80.2 cm³/mol. The molecule has 1 saturated heterocycles. The van der Waals surface area contributed by atoms with Gasteiger partial charge in [-0.1, -0.05) is 18.5 Å². The first kappa shape index (κ1) is 15.0. The second-order valence-electron chi connectivity index (χ2n) is 5.10. The molecule has 1 heterocycles. The molecule has 1 fully saturated rings. The molecule has 2 atom stereocenters. The molecule has 1 aliphatic rings. The molecule has 0 radical (unpaired) electrons. The third kappa shape index (κ3) is 2.57. The zero-order valence-electron chi connectivity index (χ0n) is 12.3. The van der Waals surface area contributed by atoms with E-state index in [1.807, 2.05) is 13.0 Å². The van der Waals surface area contributed by atoms with Crippen LogP contribution in [0.15, 0.2) is 12.1 Å². The molecule has 0 N–H and O–H groups in total. The highest BCUT2D eigenvalue weighted by Crippen LogP contribution is 2.40. The van der Waals surface area contributed by atoms with E-state index in [1.165, 1.54) is 0 Å². The van der Waals surface area contributed by atoms with E-state index >= 15 is 0 Å². The number of ketones is 1. The maximum atomic E-state index is 11.8. The van der Waals surface area contributed by atoms with Crippen LogP contribution in [-0.4, -0.2) is 32.6 Å². The van der Waals surface area contributed by atoms with E-state index in [1.54, 1.807) is 20.3 Å².